The van der Waals surface area contributed by atoms with Crippen LogP contribution in [0, 0.1) is 6.92 Å². The van der Waals surface area contributed by atoms with Crippen LogP contribution in [0.15, 0.2) is 42.5 Å². The van der Waals surface area contributed by atoms with E-state index in [0.717, 1.165) is 16.9 Å². The quantitative estimate of drug-likeness (QED) is 0.873. The second kappa shape index (κ2) is 5.78. The van der Waals surface area contributed by atoms with Crippen LogP contribution in [-0.4, -0.2) is 35.8 Å². The SMILES string of the molecule is Cc1cccc(OC2CN(C(=O)c3cccc4c3CCC4=O)C2)c1. The molecule has 1 heterocycles. The summed E-state index contributed by atoms with van der Waals surface area (Å²) in [5.74, 6) is 0.993. The lowest BCUT2D eigenvalue weighted by Crippen LogP contribution is -2.56. The molecule has 4 heteroatoms. The van der Waals surface area contributed by atoms with E-state index in [0.29, 0.717) is 37.1 Å². The summed E-state index contributed by atoms with van der Waals surface area (Å²) in [4.78, 5) is 26.3. The predicted molar refractivity (Wildman–Crippen MR) is 90.6 cm³/mol. The molecule has 24 heavy (non-hydrogen) atoms. The number of carbonyl (C=O) groups is 2. The van der Waals surface area contributed by atoms with Crippen LogP contribution in [0.4, 0.5) is 0 Å². The highest BCUT2D eigenvalue weighted by atomic mass is 16.5. The van der Waals surface area contributed by atoms with Crippen molar-refractivity contribution in [2.45, 2.75) is 25.9 Å². The van der Waals surface area contributed by atoms with Crippen LogP contribution < -0.4 is 4.74 Å². The molecule has 0 aromatic heterocycles. The molecule has 2 aromatic rings. The zero-order valence-corrected chi connectivity index (χ0v) is 13.6. The molecule has 1 saturated heterocycles. The Morgan fingerprint density at radius 3 is 2.71 bits per heavy atom. The molecule has 0 bridgehead atoms. The Morgan fingerprint density at radius 2 is 1.92 bits per heavy atom. The van der Waals surface area contributed by atoms with Crippen molar-refractivity contribution < 1.29 is 14.3 Å². The number of ketones is 1. The lowest BCUT2D eigenvalue weighted by Gasteiger charge is -2.39. The third-order valence-corrected chi connectivity index (χ3v) is 4.74. The molecule has 4 rings (SSSR count). The van der Waals surface area contributed by atoms with Gasteiger partial charge >= 0.3 is 0 Å². The van der Waals surface area contributed by atoms with Crippen molar-refractivity contribution in [3.8, 4) is 5.75 Å². The van der Waals surface area contributed by atoms with E-state index >= 15 is 0 Å². The van der Waals surface area contributed by atoms with Gasteiger partial charge < -0.3 is 9.64 Å². The predicted octanol–water partition coefficient (Wildman–Crippen LogP) is 3.03. The molecule has 0 atom stereocenters. The zero-order chi connectivity index (χ0) is 16.7. The van der Waals surface area contributed by atoms with Crippen LogP contribution in [0.25, 0.3) is 0 Å². The molecule has 0 spiro atoms. The summed E-state index contributed by atoms with van der Waals surface area (Å²) >= 11 is 0. The number of carbonyl (C=O) groups excluding carboxylic acids is 2. The lowest BCUT2D eigenvalue weighted by atomic mass is 10.0. The fourth-order valence-corrected chi connectivity index (χ4v) is 3.42. The van der Waals surface area contributed by atoms with Gasteiger partial charge in [-0.3, -0.25) is 9.59 Å². The van der Waals surface area contributed by atoms with Crippen molar-refractivity contribution in [2.24, 2.45) is 0 Å². The van der Waals surface area contributed by atoms with Gasteiger partial charge in [-0.1, -0.05) is 24.3 Å². The van der Waals surface area contributed by atoms with Crippen LogP contribution in [0.3, 0.4) is 0 Å². The molecule has 0 radical (unpaired) electrons. The standard InChI is InChI=1S/C20H19NO3/c1-13-4-2-5-14(10-13)24-15-11-21(12-15)20(23)18-7-3-6-17-16(18)8-9-19(17)22/h2-7,10,15H,8-9,11-12H2,1H3. The van der Waals surface area contributed by atoms with Crippen LogP contribution in [0.2, 0.25) is 0 Å². The highest BCUT2D eigenvalue weighted by Gasteiger charge is 2.35. The van der Waals surface area contributed by atoms with Gasteiger partial charge in [0.1, 0.15) is 11.9 Å². The molecule has 2 aliphatic rings. The first-order valence-corrected chi connectivity index (χ1v) is 8.29. The molecule has 4 nitrogen and oxygen atoms in total. The Bertz CT molecular complexity index is 821. The highest BCUT2D eigenvalue weighted by molar-refractivity contribution is 6.05. The third kappa shape index (κ3) is 2.58. The second-order valence-electron chi connectivity index (χ2n) is 6.52. The molecule has 1 amide bonds. The normalized spacial score (nSPS) is 16.7. The van der Waals surface area contributed by atoms with Crippen molar-refractivity contribution in [1.29, 1.82) is 0 Å². The number of hydrogen-bond donors (Lipinski definition) is 0. The maximum atomic E-state index is 12.7. The number of fused-ring (bicyclic) bond motifs is 1. The second-order valence-corrected chi connectivity index (χ2v) is 6.52. The van der Waals surface area contributed by atoms with Gasteiger partial charge in [0.2, 0.25) is 0 Å². The molecular weight excluding hydrogens is 302 g/mol. The Labute approximate surface area is 141 Å². The molecule has 1 fully saturated rings. The molecule has 1 aliphatic heterocycles. The maximum absolute atomic E-state index is 12.7. The van der Waals surface area contributed by atoms with E-state index in [1.54, 1.807) is 11.0 Å². The molecule has 0 saturated carbocycles. The third-order valence-electron chi connectivity index (χ3n) is 4.74. The number of amides is 1. The Morgan fingerprint density at radius 1 is 1.12 bits per heavy atom. The maximum Gasteiger partial charge on any atom is 0.254 e. The summed E-state index contributed by atoms with van der Waals surface area (Å²) in [6, 6.07) is 13.4. The molecule has 2 aromatic carbocycles. The number of nitrogens with zero attached hydrogens (tertiary/aromatic N) is 1. The van der Waals surface area contributed by atoms with E-state index in [2.05, 4.69) is 0 Å². The van der Waals surface area contributed by atoms with Crippen molar-refractivity contribution in [3.05, 3.63) is 64.7 Å². The molecular formula is C20H19NO3. The Balaban J connectivity index is 1.43. The average molecular weight is 321 g/mol. The zero-order valence-electron chi connectivity index (χ0n) is 13.6. The van der Waals surface area contributed by atoms with Crippen molar-refractivity contribution in [1.82, 2.24) is 4.90 Å². The summed E-state index contributed by atoms with van der Waals surface area (Å²) < 4.78 is 5.91. The van der Waals surface area contributed by atoms with Gasteiger partial charge in [-0.05, 0) is 42.7 Å². The first kappa shape index (κ1) is 14.9. The largest absolute Gasteiger partial charge is 0.487 e. The first-order valence-electron chi connectivity index (χ1n) is 8.29. The van der Waals surface area contributed by atoms with Crippen LogP contribution in [0.1, 0.15) is 38.3 Å². The minimum Gasteiger partial charge on any atom is -0.487 e. The van der Waals surface area contributed by atoms with E-state index in [9.17, 15) is 9.59 Å². The van der Waals surface area contributed by atoms with Crippen LogP contribution >= 0.6 is 0 Å². The first-order chi connectivity index (χ1) is 11.6. The fraction of sp³-hybridized carbons (Fsp3) is 0.300. The molecule has 0 N–H and O–H groups in total. The summed E-state index contributed by atoms with van der Waals surface area (Å²) in [5.41, 5.74) is 3.46. The monoisotopic (exact) mass is 321 g/mol. The number of likely N-dealkylation sites (tertiary alicyclic amines) is 1. The Hall–Kier alpha value is -2.62. The molecule has 1 aliphatic carbocycles. The fourth-order valence-electron chi connectivity index (χ4n) is 3.42. The number of ether oxygens (including phenoxy) is 1. The van der Waals surface area contributed by atoms with Crippen molar-refractivity contribution in [2.75, 3.05) is 13.1 Å². The highest BCUT2D eigenvalue weighted by Crippen LogP contribution is 2.28. The van der Waals surface area contributed by atoms with E-state index in [4.69, 9.17) is 4.74 Å². The number of benzene rings is 2. The van der Waals surface area contributed by atoms with Gasteiger partial charge in [-0.25, -0.2) is 0 Å². The summed E-state index contributed by atoms with van der Waals surface area (Å²) in [7, 11) is 0. The van der Waals surface area contributed by atoms with Crippen LogP contribution in [-0.2, 0) is 6.42 Å². The smallest absolute Gasteiger partial charge is 0.254 e. The van der Waals surface area contributed by atoms with Gasteiger partial charge in [0.25, 0.3) is 5.91 Å². The number of Topliss-reactive ketones (excluding diaryl/α,β-unsaturated/α-hetero) is 1. The summed E-state index contributed by atoms with van der Waals surface area (Å²) in [6.45, 7) is 3.20. The van der Waals surface area contributed by atoms with E-state index < -0.39 is 0 Å². The van der Waals surface area contributed by atoms with Gasteiger partial charge in [0.15, 0.2) is 5.78 Å². The van der Waals surface area contributed by atoms with Gasteiger partial charge in [0.05, 0.1) is 13.1 Å². The Kier molecular flexibility index (Phi) is 3.60. The van der Waals surface area contributed by atoms with Gasteiger partial charge in [-0.15, -0.1) is 0 Å². The topological polar surface area (TPSA) is 46.6 Å². The van der Waals surface area contributed by atoms with Crippen molar-refractivity contribution >= 4 is 11.7 Å². The average Bonchev–Trinajstić information content (AvgIpc) is 2.91. The number of hydrogen-bond acceptors (Lipinski definition) is 3. The van der Waals surface area contributed by atoms with Crippen LogP contribution in [0.5, 0.6) is 5.75 Å². The lowest BCUT2D eigenvalue weighted by molar-refractivity contribution is 0.0177. The number of rotatable bonds is 3. The van der Waals surface area contributed by atoms with E-state index in [1.165, 1.54) is 0 Å². The minimum absolute atomic E-state index is 0.00522. The summed E-state index contributed by atoms with van der Waals surface area (Å²) in [5, 5.41) is 0. The van der Waals surface area contributed by atoms with E-state index in [-0.39, 0.29) is 17.8 Å². The van der Waals surface area contributed by atoms with E-state index in [1.807, 2.05) is 43.3 Å². The minimum atomic E-state index is 0.00522. The summed E-state index contributed by atoms with van der Waals surface area (Å²) in [6.07, 6.45) is 1.22. The molecule has 0 unspecified atom stereocenters. The molecule has 122 valence electrons. The number of aryl methyl sites for hydroxylation is 1. The van der Waals surface area contributed by atoms with Gasteiger partial charge in [-0.2, -0.15) is 0 Å². The van der Waals surface area contributed by atoms with Gasteiger partial charge in [0, 0.05) is 17.5 Å². The van der Waals surface area contributed by atoms with Crippen molar-refractivity contribution in [3.63, 3.8) is 0 Å².